The maximum absolute atomic E-state index is 12.6. The van der Waals surface area contributed by atoms with Gasteiger partial charge in [0, 0.05) is 0 Å². The third-order valence-corrected chi connectivity index (χ3v) is 3.94. The molecule has 114 valence electrons. The zero-order valence-corrected chi connectivity index (χ0v) is 12.9. The van der Waals surface area contributed by atoms with Gasteiger partial charge in [-0.3, -0.25) is 0 Å². The average Bonchev–Trinajstić information content (AvgIpc) is 3.31. The number of carbonyl (C=O) groups is 1. The van der Waals surface area contributed by atoms with E-state index < -0.39 is 5.60 Å². The van der Waals surface area contributed by atoms with Gasteiger partial charge in [-0.05, 0) is 24.5 Å². The molecule has 1 aliphatic rings. The Hall–Kier alpha value is -2.13. The first-order valence-corrected chi connectivity index (χ1v) is 7.65. The highest BCUT2D eigenvalue weighted by atomic mass is 16.7. The maximum Gasteiger partial charge on any atom is 0.346 e. The predicted molar refractivity (Wildman–Crippen MR) is 84.4 cm³/mol. The first-order valence-electron chi connectivity index (χ1n) is 7.65. The lowest BCUT2D eigenvalue weighted by molar-refractivity contribution is -0.150. The van der Waals surface area contributed by atoms with Crippen LogP contribution in [0.1, 0.15) is 36.1 Å². The van der Waals surface area contributed by atoms with Crippen molar-refractivity contribution in [1.82, 2.24) is 0 Å². The summed E-state index contributed by atoms with van der Waals surface area (Å²) in [7, 11) is 0. The Morgan fingerprint density at radius 2 is 1.82 bits per heavy atom. The second-order valence-electron chi connectivity index (χ2n) is 5.65. The van der Waals surface area contributed by atoms with E-state index in [-0.39, 0.29) is 12.1 Å². The number of benzene rings is 2. The van der Waals surface area contributed by atoms with Crippen LogP contribution >= 0.6 is 0 Å². The van der Waals surface area contributed by atoms with E-state index in [1.54, 1.807) is 0 Å². The fraction of sp³-hybridized carbons (Fsp3) is 0.316. The fourth-order valence-corrected chi connectivity index (χ4v) is 2.68. The summed E-state index contributed by atoms with van der Waals surface area (Å²) in [5, 5.41) is 0. The Bertz CT molecular complexity index is 648. The Labute approximate surface area is 130 Å². The molecule has 0 spiro atoms. The minimum atomic E-state index is -0.994. The molecule has 0 saturated carbocycles. The van der Waals surface area contributed by atoms with Crippen LogP contribution in [0, 0.1) is 6.92 Å². The van der Waals surface area contributed by atoms with Crippen molar-refractivity contribution in [3.63, 3.8) is 0 Å². The molecule has 22 heavy (non-hydrogen) atoms. The zero-order chi connectivity index (χ0) is 15.6. The molecule has 1 heterocycles. The smallest absolute Gasteiger partial charge is 0.346 e. The van der Waals surface area contributed by atoms with Crippen molar-refractivity contribution in [3.8, 4) is 0 Å². The van der Waals surface area contributed by atoms with E-state index in [0.717, 1.165) is 17.5 Å². The minimum absolute atomic E-state index is 0.278. The highest BCUT2D eigenvalue weighted by Crippen LogP contribution is 2.57. The molecule has 0 N–H and O–H groups in total. The molecular weight excluding hydrogens is 276 g/mol. The van der Waals surface area contributed by atoms with E-state index in [9.17, 15) is 4.79 Å². The van der Waals surface area contributed by atoms with Gasteiger partial charge in [0.1, 0.15) is 6.10 Å². The second kappa shape index (κ2) is 5.93. The molecule has 2 aromatic rings. The number of hydrogen-bond acceptors (Lipinski definition) is 3. The molecule has 2 aromatic carbocycles. The maximum atomic E-state index is 12.6. The summed E-state index contributed by atoms with van der Waals surface area (Å²) in [4.78, 5) is 12.6. The summed E-state index contributed by atoms with van der Waals surface area (Å²) < 4.78 is 11.3. The van der Waals surface area contributed by atoms with Crippen molar-refractivity contribution >= 4 is 5.97 Å². The van der Waals surface area contributed by atoms with E-state index in [2.05, 4.69) is 0 Å². The van der Waals surface area contributed by atoms with Crippen LogP contribution in [-0.2, 0) is 19.9 Å². The largest absolute Gasteiger partial charge is 0.463 e. The van der Waals surface area contributed by atoms with Gasteiger partial charge in [-0.1, -0.05) is 67.1 Å². The Balaban J connectivity index is 1.93. The predicted octanol–water partition coefficient (Wildman–Crippen LogP) is 3.92. The normalized spacial score (nSPS) is 23.1. The molecule has 0 bridgehead atoms. The summed E-state index contributed by atoms with van der Waals surface area (Å²) in [5.74, 6) is -0.300. The lowest BCUT2D eigenvalue weighted by atomic mass is 9.91. The van der Waals surface area contributed by atoms with Crippen molar-refractivity contribution in [2.75, 3.05) is 6.61 Å². The van der Waals surface area contributed by atoms with Crippen molar-refractivity contribution < 1.29 is 14.3 Å². The van der Waals surface area contributed by atoms with Crippen molar-refractivity contribution in [1.29, 1.82) is 0 Å². The molecule has 1 aliphatic heterocycles. The Morgan fingerprint density at radius 1 is 1.14 bits per heavy atom. The molecule has 3 nitrogen and oxygen atoms in total. The van der Waals surface area contributed by atoms with Crippen LogP contribution in [0.25, 0.3) is 0 Å². The lowest BCUT2D eigenvalue weighted by Gasteiger charge is -2.13. The highest BCUT2D eigenvalue weighted by Gasteiger charge is 2.65. The van der Waals surface area contributed by atoms with Crippen LogP contribution in [0.4, 0.5) is 0 Å². The number of aryl methyl sites for hydroxylation is 1. The van der Waals surface area contributed by atoms with Gasteiger partial charge >= 0.3 is 5.97 Å². The standard InChI is InChI=1S/C19H20O3/c1-3-13-21-18(20)19(16-7-5-4-6-8-16)17(22-19)15-11-9-14(2)10-12-15/h4-12,17H,3,13H2,1-2H3. The Kier molecular flexibility index (Phi) is 3.99. The monoisotopic (exact) mass is 296 g/mol. The summed E-state index contributed by atoms with van der Waals surface area (Å²) in [6.07, 6.45) is 0.520. The SMILES string of the molecule is CCCOC(=O)C1(c2ccccc2)OC1c1ccc(C)cc1. The van der Waals surface area contributed by atoms with E-state index in [1.807, 2.05) is 68.4 Å². The van der Waals surface area contributed by atoms with Crippen LogP contribution in [0.15, 0.2) is 54.6 Å². The molecule has 0 radical (unpaired) electrons. The van der Waals surface area contributed by atoms with E-state index in [0.29, 0.717) is 6.61 Å². The second-order valence-corrected chi connectivity index (χ2v) is 5.65. The third-order valence-electron chi connectivity index (χ3n) is 3.94. The summed E-state index contributed by atoms with van der Waals surface area (Å²) in [6, 6.07) is 17.7. The van der Waals surface area contributed by atoms with Crippen molar-refractivity contribution in [3.05, 3.63) is 71.3 Å². The van der Waals surface area contributed by atoms with Crippen LogP contribution in [-0.4, -0.2) is 12.6 Å². The van der Waals surface area contributed by atoms with E-state index in [1.165, 1.54) is 5.56 Å². The molecule has 0 aliphatic carbocycles. The van der Waals surface area contributed by atoms with Gasteiger partial charge in [0.15, 0.2) is 0 Å². The molecular formula is C19H20O3. The third kappa shape index (κ3) is 2.53. The lowest BCUT2D eigenvalue weighted by Crippen LogP contribution is -2.26. The number of hydrogen-bond donors (Lipinski definition) is 0. The van der Waals surface area contributed by atoms with Gasteiger partial charge in [-0.25, -0.2) is 4.79 Å². The van der Waals surface area contributed by atoms with Gasteiger partial charge in [0.2, 0.25) is 5.60 Å². The van der Waals surface area contributed by atoms with Gasteiger partial charge in [0.05, 0.1) is 6.61 Å². The Morgan fingerprint density at radius 3 is 2.45 bits per heavy atom. The van der Waals surface area contributed by atoms with Gasteiger partial charge in [-0.15, -0.1) is 0 Å². The summed E-state index contributed by atoms with van der Waals surface area (Å²) in [5.41, 5.74) is 2.04. The molecule has 1 fully saturated rings. The summed E-state index contributed by atoms with van der Waals surface area (Å²) in [6.45, 7) is 4.43. The first kappa shape index (κ1) is 14.8. The molecule has 3 heteroatoms. The van der Waals surface area contributed by atoms with Crippen LogP contribution in [0.2, 0.25) is 0 Å². The van der Waals surface area contributed by atoms with Crippen LogP contribution < -0.4 is 0 Å². The van der Waals surface area contributed by atoms with Crippen molar-refractivity contribution in [2.45, 2.75) is 32.0 Å². The molecule has 2 unspecified atom stereocenters. The topological polar surface area (TPSA) is 38.8 Å². The number of esters is 1. The minimum Gasteiger partial charge on any atom is -0.463 e. The average molecular weight is 296 g/mol. The first-order chi connectivity index (χ1) is 10.7. The molecule has 3 rings (SSSR count). The number of carbonyl (C=O) groups excluding carboxylic acids is 1. The van der Waals surface area contributed by atoms with Gasteiger partial charge < -0.3 is 9.47 Å². The molecule has 0 amide bonds. The van der Waals surface area contributed by atoms with Crippen LogP contribution in [0.3, 0.4) is 0 Å². The number of rotatable bonds is 5. The number of epoxide rings is 1. The quantitative estimate of drug-likeness (QED) is 0.620. The highest BCUT2D eigenvalue weighted by molar-refractivity contribution is 5.85. The van der Waals surface area contributed by atoms with E-state index >= 15 is 0 Å². The molecule has 2 atom stereocenters. The van der Waals surface area contributed by atoms with Gasteiger partial charge in [-0.2, -0.15) is 0 Å². The summed E-state index contributed by atoms with van der Waals surface area (Å²) >= 11 is 0. The zero-order valence-electron chi connectivity index (χ0n) is 12.9. The molecule has 0 aromatic heterocycles. The van der Waals surface area contributed by atoms with Gasteiger partial charge in [0.25, 0.3) is 0 Å². The van der Waals surface area contributed by atoms with E-state index in [4.69, 9.17) is 9.47 Å². The molecule has 1 saturated heterocycles. The fourth-order valence-electron chi connectivity index (χ4n) is 2.68. The number of ether oxygens (including phenoxy) is 2. The van der Waals surface area contributed by atoms with Crippen LogP contribution in [0.5, 0.6) is 0 Å². The van der Waals surface area contributed by atoms with Crippen molar-refractivity contribution in [2.24, 2.45) is 0 Å².